The van der Waals surface area contributed by atoms with Crippen LogP contribution in [0.15, 0.2) is 18.2 Å². The highest BCUT2D eigenvalue weighted by molar-refractivity contribution is 7.86. The van der Waals surface area contributed by atoms with Crippen molar-refractivity contribution in [3.8, 4) is 11.5 Å². The maximum absolute atomic E-state index is 13.1. The van der Waals surface area contributed by atoms with E-state index in [4.69, 9.17) is 9.47 Å². The van der Waals surface area contributed by atoms with Gasteiger partial charge in [0, 0.05) is 39.3 Å². The summed E-state index contributed by atoms with van der Waals surface area (Å²) in [5.41, 5.74) is 0.963. The van der Waals surface area contributed by atoms with Crippen molar-refractivity contribution in [1.82, 2.24) is 18.8 Å². The van der Waals surface area contributed by atoms with Crippen LogP contribution in [0.2, 0.25) is 0 Å². The van der Waals surface area contributed by atoms with Crippen molar-refractivity contribution in [3.63, 3.8) is 0 Å². The van der Waals surface area contributed by atoms with Crippen molar-refractivity contribution in [3.05, 3.63) is 23.8 Å². The number of amides is 2. The standard InChI is InChI=1S/C23H36N4O5S/c1-18(2)22(19-7-8-20-21(17-19)32-16-15-31-20)24-23(28)25-11-13-27(14-12-25)33(29,30)26-9-5-3-4-6-10-26/h7-8,17-18,22H,3-6,9-16H2,1-2H3,(H,24,28). The van der Waals surface area contributed by atoms with Gasteiger partial charge in [-0.2, -0.15) is 17.0 Å². The van der Waals surface area contributed by atoms with E-state index in [9.17, 15) is 13.2 Å². The van der Waals surface area contributed by atoms with Crippen molar-refractivity contribution in [1.29, 1.82) is 0 Å². The predicted octanol–water partition coefficient (Wildman–Crippen LogP) is 2.60. The second kappa shape index (κ2) is 10.5. The molecule has 0 aliphatic carbocycles. The minimum absolute atomic E-state index is 0.168. The first-order chi connectivity index (χ1) is 15.9. The molecule has 3 aliphatic rings. The average molecular weight is 481 g/mol. The molecule has 9 nitrogen and oxygen atoms in total. The van der Waals surface area contributed by atoms with Gasteiger partial charge in [-0.1, -0.05) is 32.8 Å². The van der Waals surface area contributed by atoms with Crippen molar-refractivity contribution >= 4 is 16.2 Å². The number of nitrogens with zero attached hydrogens (tertiary/aromatic N) is 3. The number of fused-ring (bicyclic) bond motifs is 1. The average Bonchev–Trinajstić information content (AvgIpc) is 3.12. The first-order valence-electron chi connectivity index (χ1n) is 12.1. The molecule has 184 valence electrons. The van der Waals surface area contributed by atoms with Crippen molar-refractivity contribution < 1.29 is 22.7 Å². The van der Waals surface area contributed by atoms with Gasteiger partial charge in [0.2, 0.25) is 0 Å². The van der Waals surface area contributed by atoms with E-state index in [1.54, 1.807) is 9.21 Å². The summed E-state index contributed by atoms with van der Waals surface area (Å²) < 4.78 is 40.6. The zero-order valence-corrected chi connectivity index (χ0v) is 20.5. The van der Waals surface area contributed by atoms with Gasteiger partial charge in [0.05, 0.1) is 6.04 Å². The molecule has 10 heteroatoms. The Morgan fingerprint density at radius 2 is 1.48 bits per heavy atom. The highest BCUT2D eigenvalue weighted by Gasteiger charge is 2.34. The van der Waals surface area contributed by atoms with E-state index in [2.05, 4.69) is 19.2 Å². The number of nitrogens with one attached hydrogen (secondary N) is 1. The van der Waals surface area contributed by atoms with Gasteiger partial charge in [-0.05, 0) is 36.5 Å². The molecule has 3 aliphatic heterocycles. The minimum Gasteiger partial charge on any atom is -0.486 e. The molecule has 1 aromatic carbocycles. The Kier molecular flexibility index (Phi) is 7.65. The molecule has 1 unspecified atom stereocenters. The van der Waals surface area contributed by atoms with Gasteiger partial charge in [0.25, 0.3) is 10.2 Å². The molecule has 2 fully saturated rings. The number of rotatable bonds is 5. The van der Waals surface area contributed by atoms with Crippen molar-refractivity contribution in [2.45, 2.75) is 45.6 Å². The Morgan fingerprint density at radius 3 is 2.12 bits per heavy atom. The number of hydrogen-bond donors (Lipinski definition) is 1. The second-order valence-electron chi connectivity index (χ2n) is 9.28. The van der Waals surface area contributed by atoms with Crippen LogP contribution in [0, 0.1) is 5.92 Å². The zero-order chi connectivity index (χ0) is 23.4. The lowest BCUT2D eigenvalue weighted by Crippen LogP contribution is -2.56. The number of carbonyl (C=O) groups excluding carboxylic acids is 1. The van der Waals surface area contributed by atoms with Crippen LogP contribution >= 0.6 is 0 Å². The lowest BCUT2D eigenvalue weighted by molar-refractivity contribution is 0.162. The van der Waals surface area contributed by atoms with Crippen LogP contribution in [0.4, 0.5) is 4.79 Å². The van der Waals surface area contributed by atoms with Gasteiger partial charge in [0.15, 0.2) is 11.5 Å². The molecule has 0 aromatic heterocycles. The summed E-state index contributed by atoms with van der Waals surface area (Å²) in [7, 11) is -3.46. The highest BCUT2D eigenvalue weighted by Crippen LogP contribution is 2.34. The van der Waals surface area contributed by atoms with E-state index < -0.39 is 10.2 Å². The summed E-state index contributed by atoms with van der Waals surface area (Å²) >= 11 is 0. The van der Waals surface area contributed by atoms with Crippen LogP contribution < -0.4 is 14.8 Å². The van der Waals surface area contributed by atoms with Crippen molar-refractivity contribution in [2.24, 2.45) is 5.92 Å². The molecule has 2 saturated heterocycles. The van der Waals surface area contributed by atoms with Gasteiger partial charge < -0.3 is 19.7 Å². The fourth-order valence-corrected chi connectivity index (χ4v) is 6.34. The molecule has 1 atom stereocenters. The topological polar surface area (TPSA) is 91.4 Å². The Hall–Kier alpha value is -2.04. The molecule has 2 amide bonds. The van der Waals surface area contributed by atoms with Gasteiger partial charge in [-0.25, -0.2) is 4.79 Å². The molecule has 33 heavy (non-hydrogen) atoms. The summed E-state index contributed by atoms with van der Waals surface area (Å²) in [5, 5.41) is 3.15. The van der Waals surface area contributed by atoms with Crippen LogP contribution in [0.5, 0.6) is 11.5 Å². The largest absolute Gasteiger partial charge is 0.486 e. The first-order valence-corrected chi connectivity index (χ1v) is 13.5. The van der Waals surface area contributed by atoms with Crippen LogP contribution in [-0.4, -0.2) is 80.4 Å². The maximum atomic E-state index is 13.1. The van der Waals surface area contributed by atoms with Crippen molar-refractivity contribution in [2.75, 3.05) is 52.5 Å². The van der Waals surface area contributed by atoms with Gasteiger partial charge >= 0.3 is 6.03 Å². The molecule has 0 bridgehead atoms. The fraction of sp³-hybridized carbons (Fsp3) is 0.696. The smallest absolute Gasteiger partial charge is 0.317 e. The normalized spacial score (nSPS) is 21.5. The van der Waals surface area contributed by atoms with E-state index >= 15 is 0 Å². The maximum Gasteiger partial charge on any atom is 0.317 e. The molecular weight excluding hydrogens is 444 g/mol. The number of urea groups is 1. The lowest BCUT2D eigenvalue weighted by Gasteiger charge is -2.37. The second-order valence-corrected chi connectivity index (χ2v) is 11.2. The fourth-order valence-electron chi connectivity index (χ4n) is 4.67. The molecule has 4 rings (SSSR count). The third-order valence-electron chi connectivity index (χ3n) is 6.61. The lowest BCUT2D eigenvalue weighted by atomic mass is 9.95. The number of carbonyl (C=O) groups is 1. The van der Waals surface area contributed by atoms with E-state index in [0.717, 1.165) is 37.0 Å². The molecule has 0 spiro atoms. The number of hydrogen-bond acceptors (Lipinski definition) is 5. The summed E-state index contributed by atoms with van der Waals surface area (Å²) in [6.07, 6.45) is 4.00. The monoisotopic (exact) mass is 480 g/mol. The Labute approximate surface area is 197 Å². The SMILES string of the molecule is CC(C)C(NC(=O)N1CCN(S(=O)(=O)N2CCCCCC2)CC1)c1ccc2c(c1)OCCO2. The number of ether oxygens (including phenoxy) is 2. The Bertz CT molecular complexity index is 923. The summed E-state index contributed by atoms with van der Waals surface area (Å²) in [6.45, 7) is 7.76. The van der Waals surface area contributed by atoms with E-state index in [0.29, 0.717) is 58.2 Å². The summed E-state index contributed by atoms with van der Waals surface area (Å²) in [5.74, 6) is 1.59. The van der Waals surface area contributed by atoms with E-state index in [1.165, 1.54) is 4.31 Å². The summed E-state index contributed by atoms with van der Waals surface area (Å²) in [6, 6.07) is 5.43. The van der Waals surface area contributed by atoms with Gasteiger partial charge in [0.1, 0.15) is 13.2 Å². The zero-order valence-electron chi connectivity index (χ0n) is 19.7. The highest BCUT2D eigenvalue weighted by atomic mass is 32.2. The minimum atomic E-state index is -3.46. The number of benzene rings is 1. The Morgan fingerprint density at radius 1 is 0.879 bits per heavy atom. The van der Waals surface area contributed by atoms with Gasteiger partial charge in [-0.15, -0.1) is 0 Å². The molecule has 3 heterocycles. The first kappa shape index (κ1) is 24.1. The molecule has 1 aromatic rings. The molecule has 0 radical (unpaired) electrons. The molecular formula is C23H36N4O5S. The summed E-state index contributed by atoms with van der Waals surface area (Å²) in [4.78, 5) is 14.8. The predicted molar refractivity (Wildman–Crippen MR) is 126 cm³/mol. The third kappa shape index (κ3) is 5.55. The van der Waals surface area contributed by atoms with Crippen LogP contribution in [0.3, 0.4) is 0 Å². The number of piperazine rings is 1. The molecule has 0 saturated carbocycles. The Balaban J connectivity index is 1.36. The third-order valence-corrected chi connectivity index (χ3v) is 8.65. The van der Waals surface area contributed by atoms with E-state index in [1.807, 2.05) is 18.2 Å². The van der Waals surface area contributed by atoms with Crippen LogP contribution in [0.1, 0.15) is 51.1 Å². The van der Waals surface area contributed by atoms with Crippen LogP contribution in [0.25, 0.3) is 0 Å². The van der Waals surface area contributed by atoms with Crippen LogP contribution in [-0.2, 0) is 10.2 Å². The van der Waals surface area contributed by atoms with Gasteiger partial charge in [-0.3, -0.25) is 0 Å². The molecule has 1 N–H and O–H groups in total. The quantitative estimate of drug-likeness (QED) is 0.700. The van der Waals surface area contributed by atoms with E-state index in [-0.39, 0.29) is 18.0 Å².